The average molecular weight is 282 g/mol. The summed E-state index contributed by atoms with van der Waals surface area (Å²) in [6, 6.07) is -0.177. The number of hydrogen-bond acceptors (Lipinski definition) is 3. The highest BCUT2D eigenvalue weighted by molar-refractivity contribution is 5.83. The number of aliphatic carboxylic acids is 1. The van der Waals surface area contributed by atoms with Gasteiger partial charge in [0.25, 0.3) is 0 Å². The molecule has 0 aromatic rings. The van der Waals surface area contributed by atoms with E-state index in [4.69, 9.17) is 5.11 Å². The van der Waals surface area contributed by atoms with Crippen molar-refractivity contribution in [2.75, 3.05) is 13.1 Å². The van der Waals surface area contributed by atoms with Gasteiger partial charge in [-0.15, -0.1) is 0 Å². The molecule has 1 atom stereocenters. The topological polar surface area (TPSA) is 78.4 Å². The molecule has 0 radical (unpaired) electrons. The molecule has 1 amide bonds. The lowest BCUT2D eigenvalue weighted by Crippen LogP contribution is -2.51. The van der Waals surface area contributed by atoms with Crippen LogP contribution in [-0.4, -0.2) is 36.1 Å². The van der Waals surface area contributed by atoms with Gasteiger partial charge in [-0.25, -0.2) is 0 Å². The first kappa shape index (κ1) is 15.3. The van der Waals surface area contributed by atoms with E-state index in [0.29, 0.717) is 5.92 Å². The summed E-state index contributed by atoms with van der Waals surface area (Å²) in [5.74, 6) is -0.369. The molecule has 5 heteroatoms. The summed E-state index contributed by atoms with van der Waals surface area (Å²) >= 11 is 0. The molecule has 114 valence electrons. The van der Waals surface area contributed by atoms with E-state index in [9.17, 15) is 9.59 Å². The third-order valence-corrected chi connectivity index (χ3v) is 4.67. The molecule has 2 aliphatic rings. The Balaban J connectivity index is 2.00. The van der Waals surface area contributed by atoms with Gasteiger partial charge in [0.05, 0.1) is 11.8 Å². The summed E-state index contributed by atoms with van der Waals surface area (Å²) in [5, 5.41) is 15.3. The second-order valence-corrected chi connectivity index (χ2v) is 6.30. The first-order chi connectivity index (χ1) is 9.57. The molecule has 2 fully saturated rings. The molecule has 0 aromatic carbocycles. The molecule has 0 aromatic heterocycles. The molecule has 1 aliphatic heterocycles. The van der Waals surface area contributed by atoms with Gasteiger partial charge in [-0.2, -0.15) is 0 Å². The van der Waals surface area contributed by atoms with Gasteiger partial charge < -0.3 is 15.7 Å². The Kier molecular flexibility index (Phi) is 5.02. The van der Waals surface area contributed by atoms with Gasteiger partial charge in [0.1, 0.15) is 0 Å². The third-order valence-electron chi connectivity index (χ3n) is 4.67. The van der Waals surface area contributed by atoms with E-state index in [1.54, 1.807) is 0 Å². The van der Waals surface area contributed by atoms with E-state index >= 15 is 0 Å². The van der Waals surface area contributed by atoms with Crippen LogP contribution in [0.15, 0.2) is 0 Å². The van der Waals surface area contributed by atoms with Crippen molar-refractivity contribution in [2.45, 2.75) is 57.9 Å². The highest BCUT2D eigenvalue weighted by Gasteiger charge is 2.41. The largest absolute Gasteiger partial charge is 0.481 e. The molecule has 2 rings (SSSR count). The quantitative estimate of drug-likeness (QED) is 0.661. The second-order valence-electron chi connectivity index (χ2n) is 6.30. The summed E-state index contributed by atoms with van der Waals surface area (Å²) < 4.78 is 0. The Hall–Kier alpha value is -1.10. The number of carbonyl (C=O) groups is 2. The fraction of sp³-hybridized carbons (Fsp3) is 0.867. The Bertz CT molecular complexity index is 355. The van der Waals surface area contributed by atoms with Gasteiger partial charge >= 0.3 is 5.97 Å². The van der Waals surface area contributed by atoms with E-state index in [1.807, 2.05) is 0 Å². The van der Waals surface area contributed by atoms with Crippen molar-refractivity contribution in [2.24, 2.45) is 11.3 Å². The van der Waals surface area contributed by atoms with E-state index in [-0.39, 0.29) is 23.8 Å². The minimum absolute atomic E-state index is 0.0524. The van der Waals surface area contributed by atoms with Crippen LogP contribution in [0.3, 0.4) is 0 Å². The lowest BCUT2D eigenvalue weighted by atomic mass is 9.74. The number of piperidine rings is 1. The maximum absolute atomic E-state index is 12.7. The van der Waals surface area contributed by atoms with Crippen LogP contribution < -0.4 is 10.6 Å². The van der Waals surface area contributed by atoms with Gasteiger partial charge in [0.2, 0.25) is 5.91 Å². The monoisotopic (exact) mass is 282 g/mol. The number of hydrogen-bond donors (Lipinski definition) is 3. The molecular formula is C15H26N2O3. The normalized spacial score (nSPS) is 23.1. The van der Waals surface area contributed by atoms with Crippen molar-refractivity contribution in [3.05, 3.63) is 0 Å². The van der Waals surface area contributed by atoms with Gasteiger partial charge in [0, 0.05) is 6.04 Å². The van der Waals surface area contributed by atoms with Crippen molar-refractivity contribution in [1.29, 1.82) is 0 Å². The second kappa shape index (κ2) is 6.57. The number of rotatable bonds is 7. The van der Waals surface area contributed by atoms with Crippen molar-refractivity contribution < 1.29 is 14.7 Å². The van der Waals surface area contributed by atoms with Crippen LogP contribution in [0.2, 0.25) is 0 Å². The maximum Gasteiger partial charge on any atom is 0.305 e. The predicted molar refractivity (Wildman–Crippen MR) is 76.4 cm³/mol. The van der Waals surface area contributed by atoms with Crippen molar-refractivity contribution in [1.82, 2.24) is 10.6 Å². The van der Waals surface area contributed by atoms with Crippen molar-refractivity contribution >= 4 is 11.9 Å². The Labute approximate surface area is 120 Å². The molecule has 1 aliphatic carbocycles. The first-order valence-corrected chi connectivity index (χ1v) is 7.81. The predicted octanol–water partition coefficient (Wildman–Crippen LogP) is 1.53. The van der Waals surface area contributed by atoms with Crippen molar-refractivity contribution in [3.63, 3.8) is 0 Å². The molecule has 1 heterocycles. The number of amides is 1. The Morgan fingerprint density at radius 2 is 2.00 bits per heavy atom. The van der Waals surface area contributed by atoms with Crippen LogP contribution in [0.4, 0.5) is 0 Å². The number of carboxylic acid groups (broad SMARTS) is 1. The van der Waals surface area contributed by atoms with Crippen LogP contribution >= 0.6 is 0 Å². The van der Waals surface area contributed by atoms with Gasteiger partial charge in [-0.05, 0) is 51.1 Å². The summed E-state index contributed by atoms with van der Waals surface area (Å²) in [5.41, 5.74) is -0.286. The highest BCUT2D eigenvalue weighted by atomic mass is 16.4. The zero-order valence-electron chi connectivity index (χ0n) is 12.3. The molecule has 3 N–H and O–H groups in total. The average Bonchev–Trinajstić information content (AvgIpc) is 3.23. The zero-order valence-corrected chi connectivity index (χ0v) is 12.3. The minimum atomic E-state index is -0.822. The smallest absolute Gasteiger partial charge is 0.305 e. The molecule has 1 saturated carbocycles. The fourth-order valence-electron chi connectivity index (χ4n) is 3.32. The number of nitrogens with one attached hydrogen (secondary N) is 2. The van der Waals surface area contributed by atoms with Crippen LogP contribution in [0.5, 0.6) is 0 Å². The molecule has 0 spiro atoms. The molecule has 1 unspecified atom stereocenters. The lowest BCUT2D eigenvalue weighted by molar-refractivity contribution is -0.139. The van der Waals surface area contributed by atoms with Gasteiger partial charge in [-0.3, -0.25) is 9.59 Å². The van der Waals surface area contributed by atoms with Gasteiger partial charge in [0.15, 0.2) is 0 Å². The van der Waals surface area contributed by atoms with E-state index < -0.39 is 5.97 Å². The maximum atomic E-state index is 12.7. The van der Waals surface area contributed by atoms with E-state index in [1.165, 1.54) is 0 Å². The minimum Gasteiger partial charge on any atom is -0.481 e. The van der Waals surface area contributed by atoms with E-state index in [2.05, 4.69) is 17.6 Å². The molecule has 5 nitrogen and oxygen atoms in total. The molecule has 1 saturated heterocycles. The van der Waals surface area contributed by atoms with E-state index in [0.717, 1.165) is 51.6 Å². The molecular weight excluding hydrogens is 256 g/mol. The standard InChI is InChI=1S/C15H26N2O3/c1-2-5-15(6-8-16-9-7-15)14(20)17-12(10-13(18)19)11-3-4-11/h11-12,16H,2-10H2,1H3,(H,17,20)(H,18,19). The molecule has 20 heavy (non-hydrogen) atoms. The van der Waals surface area contributed by atoms with Crippen LogP contribution in [0.1, 0.15) is 51.9 Å². The van der Waals surface area contributed by atoms with Crippen molar-refractivity contribution in [3.8, 4) is 0 Å². The highest BCUT2D eigenvalue weighted by Crippen LogP contribution is 2.37. The van der Waals surface area contributed by atoms with Gasteiger partial charge in [-0.1, -0.05) is 13.3 Å². The summed E-state index contributed by atoms with van der Waals surface area (Å²) in [7, 11) is 0. The number of carboxylic acids is 1. The third kappa shape index (κ3) is 3.72. The number of carbonyl (C=O) groups excluding carboxylic acids is 1. The fourth-order valence-corrected chi connectivity index (χ4v) is 3.32. The van der Waals surface area contributed by atoms with Crippen LogP contribution in [0, 0.1) is 11.3 Å². The molecule has 0 bridgehead atoms. The Morgan fingerprint density at radius 3 is 2.50 bits per heavy atom. The van der Waals surface area contributed by atoms with Crippen LogP contribution in [0.25, 0.3) is 0 Å². The SMILES string of the molecule is CCCC1(C(=O)NC(CC(=O)O)C2CC2)CCNCC1. The lowest BCUT2D eigenvalue weighted by Gasteiger charge is -2.37. The summed E-state index contributed by atoms with van der Waals surface area (Å²) in [6.07, 6.45) is 5.73. The Morgan fingerprint density at radius 1 is 1.35 bits per heavy atom. The zero-order chi connectivity index (χ0) is 14.6. The summed E-state index contributed by atoms with van der Waals surface area (Å²) in [6.45, 7) is 3.85. The van der Waals surface area contributed by atoms with Crippen LogP contribution in [-0.2, 0) is 9.59 Å². The summed E-state index contributed by atoms with van der Waals surface area (Å²) in [4.78, 5) is 23.6. The first-order valence-electron chi connectivity index (χ1n) is 7.81.